The molecule has 1 N–H and O–H groups in total. The highest BCUT2D eigenvalue weighted by Crippen LogP contribution is 2.17. The van der Waals surface area contributed by atoms with Gasteiger partial charge < -0.3 is 14.8 Å². The van der Waals surface area contributed by atoms with Crippen LogP contribution in [0.4, 0.5) is 4.79 Å². The zero-order valence-electron chi connectivity index (χ0n) is 17.1. The van der Waals surface area contributed by atoms with Gasteiger partial charge >= 0.3 is 29.9 Å². The third-order valence-electron chi connectivity index (χ3n) is 3.62. The van der Waals surface area contributed by atoms with Gasteiger partial charge in [0.1, 0.15) is 5.57 Å². The Bertz CT molecular complexity index is 556. The molecule has 0 fully saturated rings. The molecule has 28 heavy (non-hydrogen) atoms. The van der Waals surface area contributed by atoms with Gasteiger partial charge in [-0.1, -0.05) is 46.5 Å². The van der Waals surface area contributed by atoms with Crippen LogP contribution >= 0.6 is 0 Å². The van der Waals surface area contributed by atoms with Gasteiger partial charge in [0.05, 0.1) is 6.42 Å². The van der Waals surface area contributed by atoms with Gasteiger partial charge in [-0.05, 0) is 19.3 Å². The molecule has 1 amide bonds. The first-order chi connectivity index (χ1) is 13.4. The summed E-state index contributed by atoms with van der Waals surface area (Å²) >= 11 is 0. The smallest absolute Gasteiger partial charge is 0.392 e. The third-order valence-corrected chi connectivity index (χ3v) is 3.62. The summed E-state index contributed by atoms with van der Waals surface area (Å²) in [5.74, 6) is -3.01. The number of esters is 1. The topological polar surface area (TPSA) is 117 Å². The lowest BCUT2D eigenvalue weighted by atomic mass is 10.2. The molecule has 0 aliphatic carbocycles. The van der Waals surface area contributed by atoms with E-state index in [9.17, 15) is 19.2 Å². The van der Waals surface area contributed by atoms with Crippen LogP contribution in [0.5, 0.6) is 0 Å². The summed E-state index contributed by atoms with van der Waals surface area (Å²) in [4.78, 5) is 56.2. The predicted octanol–water partition coefficient (Wildman–Crippen LogP) is 3.67. The molecule has 0 spiro atoms. The zero-order valence-corrected chi connectivity index (χ0v) is 17.1. The summed E-state index contributed by atoms with van der Waals surface area (Å²) in [5.41, 5.74) is -0.242. The van der Waals surface area contributed by atoms with Crippen LogP contribution in [0.3, 0.4) is 0 Å². The van der Waals surface area contributed by atoms with Crippen molar-refractivity contribution < 1.29 is 38.4 Å². The van der Waals surface area contributed by atoms with Crippen molar-refractivity contribution in [2.45, 2.75) is 78.6 Å². The summed E-state index contributed by atoms with van der Waals surface area (Å²) in [5, 5.41) is 2.19. The second kappa shape index (κ2) is 15.5. The highest BCUT2D eigenvalue weighted by atomic mass is 17.2. The molecule has 0 aromatic rings. The van der Waals surface area contributed by atoms with E-state index < -0.39 is 29.9 Å². The minimum absolute atomic E-state index is 0.0147. The molecule has 0 saturated carbocycles. The number of carbonyl (C=O) groups excluding carboxylic acids is 4. The minimum Gasteiger partial charge on any atom is -0.392 e. The molecule has 160 valence electrons. The number of nitrogens with one attached hydrogen (secondary N) is 1. The van der Waals surface area contributed by atoms with E-state index in [1.54, 1.807) is 6.92 Å². The summed E-state index contributed by atoms with van der Waals surface area (Å²) in [6.45, 7) is 5.54. The van der Waals surface area contributed by atoms with Gasteiger partial charge in [-0.3, -0.25) is 4.79 Å². The second-order valence-corrected chi connectivity index (χ2v) is 5.97. The normalized spacial score (nSPS) is 11.1. The van der Waals surface area contributed by atoms with Gasteiger partial charge in [-0.15, -0.1) is 0 Å². The average Bonchev–Trinajstić information content (AvgIpc) is 2.67. The molecular weight excluding hydrogens is 370 g/mol. The molecule has 9 heteroatoms. The highest BCUT2D eigenvalue weighted by molar-refractivity contribution is 5.89. The molecule has 0 aliphatic heterocycles. The van der Waals surface area contributed by atoms with Crippen molar-refractivity contribution in [3.05, 3.63) is 11.5 Å². The van der Waals surface area contributed by atoms with Gasteiger partial charge in [0.15, 0.2) is 0 Å². The molecule has 0 heterocycles. The van der Waals surface area contributed by atoms with Crippen molar-refractivity contribution in [1.82, 2.24) is 5.32 Å². The monoisotopic (exact) mass is 401 g/mol. The fourth-order valence-electron chi connectivity index (χ4n) is 2.02. The van der Waals surface area contributed by atoms with Crippen molar-refractivity contribution in [2.75, 3.05) is 7.05 Å². The van der Waals surface area contributed by atoms with E-state index in [0.29, 0.717) is 12.8 Å². The van der Waals surface area contributed by atoms with Crippen molar-refractivity contribution in [3.8, 4) is 0 Å². The fraction of sp³-hybridized carbons (Fsp3) is 0.684. The Balaban J connectivity index is 5.08. The number of unbranched alkanes of at least 4 members (excludes halogenated alkanes) is 4. The van der Waals surface area contributed by atoms with Crippen molar-refractivity contribution in [2.24, 2.45) is 0 Å². The van der Waals surface area contributed by atoms with Gasteiger partial charge in [0, 0.05) is 13.5 Å². The number of hydrogen-bond acceptors (Lipinski definition) is 8. The summed E-state index contributed by atoms with van der Waals surface area (Å²) in [6.07, 6.45) is 4.05. The summed E-state index contributed by atoms with van der Waals surface area (Å²) < 4.78 is 9.93. The van der Waals surface area contributed by atoms with Crippen molar-refractivity contribution >= 4 is 24.0 Å². The van der Waals surface area contributed by atoms with Gasteiger partial charge in [0.25, 0.3) is 0 Å². The maximum Gasteiger partial charge on any atom is 0.414 e. The van der Waals surface area contributed by atoms with E-state index in [2.05, 4.69) is 15.1 Å². The van der Waals surface area contributed by atoms with Crippen LogP contribution in [-0.2, 0) is 33.6 Å². The Morgan fingerprint density at radius 2 is 1.32 bits per heavy atom. The maximum absolute atomic E-state index is 12.2. The molecule has 0 bridgehead atoms. The predicted molar refractivity (Wildman–Crippen MR) is 99.4 cm³/mol. The van der Waals surface area contributed by atoms with Gasteiger partial charge in [0.2, 0.25) is 0 Å². The number of alkyl carbamates (subject to hydrolysis) is 1. The molecule has 0 aliphatic rings. The molecule has 0 atom stereocenters. The number of hydrogen-bond donors (Lipinski definition) is 1. The van der Waals surface area contributed by atoms with Crippen LogP contribution in [0.2, 0.25) is 0 Å². The standard InChI is InChI=1S/C19H31NO8/c1-5-8-10-12-15(21)25-18(26-19(24)20-4)14(7-3)17(23)28-27-16(22)13-11-9-6-2/h5-13H2,1-4H3,(H,20,24). The Kier molecular flexibility index (Phi) is 14.0. The first kappa shape index (κ1) is 25.4. The number of amides is 1. The van der Waals surface area contributed by atoms with E-state index in [1.165, 1.54) is 7.05 Å². The SMILES string of the molecule is CCCCCC(=O)OOC(=O)C(CC)=C(OC(=O)CCCCC)OC(=O)NC. The third kappa shape index (κ3) is 11.2. The Labute approximate surface area is 165 Å². The van der Waals surface area contributed by atoms with Crippen LogP contribution in [0.15, 0.2) is 11.5 Å². The van der Waals surface area contributed by atoms with Crippen LogP contribution < -0.4 is 5.32 Å². The van der Waals surface area contributed by atoms with Crippen LogP contribution in [-0.4, -0.2) is 31.0 Å². The lowest BCUT2D eigenvalue weighted by molar-refractivity contribution is -0.256. The molecule has 0 unspecified atom stereocenters. The lowest BCUT2D eigenvalue weighted by Crippen LogP contribution is -2.24. The molecule has 9 nitrogen and oxygen atoms in total. The van der Waals surface area contributed by atoms with E-state index in [4.69, 9.17) is 9.47 Å². The van der Waals surface area contributed by atoms with Crippen molar-refractivity contribution in [1.29, 1.82) is 0 Å². The van der Waals surface area contributed by atoms with Crippen molar-refractivity contribution in [3.63, 3.8) is 0 Å². The van der Waals surface area contributed by atoms with Gasteiger partial charge in [-0.2, -0.15) is 0 Å². The molecular formula is C19H31NO8. The lowest BCUT2D eigenvalue weighted by Gasteiger charge is -2.12. The largest absolute Gasteiger partial charge is 0.414 e. The van der Waals surface area contributed by atoms with E-state index in [1.807, 2.05) is 13.8 Å². The number of carbonyl (C=O) groups is 4. The van der Waals surface area contributed by atoms with Crippen LogP contribution in [0.1, 0.15) is 78.6 Å². The average molecular weight is 401 g/mol. The van der Waals surface area contributed by atoms with Gasteiger partial charge in [-0.25, -0.2) is 24.2 Å². The molecule has 0 rings (SSSR count). The summed E-state index contributed by atoms with van der Waals surface area (Å²) in [6, 6.07) is 0. The molecule has 0 aromatic heterocycles. The molecule has 0 aromatic carbocycles. The quantitative estimate of drug-likeness (QED) is 0.131. The Morgan fingerprint density at radius 3 is 1.82 bits per heavy atom. The number of rotatable bonds is 12. The maximum atomic E-state index is 12.2. The van der Waals surface area contributed by atoms with E-state index in [0.717, 1.165) is 25.7 Å². The van der Waals surface area contributed by atoms with E-state index in [-0.39, 0.29) is 24.8 Å². The highest BCUT2D eigenvalue weighted by Gasteiger charge is 2.25. The second-order valence-electron chi connectivity index (χ2n) is 5.97. The fourth-order valence-corrected chi connectivity index (χ4v) is 2.02. The van der Waals surface area contributed by atoms with E-state index >= 15 is 0 Å². The molecule has 0 radical (unpaired) electrons. The Morgan fingerprint density at radius 1 is 0.750 bits per heavy atom. The Hall–Kier alpha value is -2.58. The minimum atomic E-state index is -1.08. The summed E-state index contributed by atoms with van der Waals surface area (Å²) in [7, 11) is 1.31. The van der Waals surface area contributed by atoms with Crippen LogP contribution in [0.25, 0.3) is 0 Å². The number of ether oxygens (including phenoxy) is 2. The molecule has 0 saturated heterocycles. The first-order valence-corrected chi connectivity index (χ1v) is 9.64. The first-order valence-electron chi connectivity index (χ1n) is 9.64. The zero-order chi connectivity index (χ0) is 21.4. The van der Waals surface area contributed by atoms with Crippen LogP contribution in [0, 0.1) is 0 Å².